The molecule has 0 bridgehead atoms. The predicted octanol–water partition coefficient (Wildman–Crippen LogP) is 3.55. The summed E-state index contributed by atoms with van der Waals surface area (Å²) in [4.78, 5) is 11.0. The van der Waals surface area contributed by atoms with Crippen molar-refractivity contribution in [3.8, 4) is 0 Å². The highest BCUT2D eigenvalue weighted by Gasteiger charge is 2.20. The van der Waals surface area contributed by atoms with Gasteiger partial charge in [-0.1, -0.05) is 36.2 Å². The van der Waals surface area contributed by atoms with Crippen LogP contribution in [0, 0.1) is 0 Å². The third kappa shape index (κ3) is 3.37. The van der Waals surface area contributed by atoms with Crippen molar-refractivity contribution >= 4 is 29.2 Å². The maximum absolute atomic E-state index is 11.0. The van der Waals surface area contributed by atoms with Crippen molar-refractivity contribution in [1.82, 2.24) is 0 Å². The lowest BCUT2D eigenvalue weighted by Gasteiger charge is -2.13. The second-order valence-electron chi connectivity index (χ2n) is 3.26. The van der Waals surface area contributed by atoms with Crippen LogP contribution in [0.15, 0.2) is 18.2 Å². The summed E-state index contributed by atoms with van der Waals surface area (Å²) < 4.78 is 5.23. The summed E-state index contributed by atoms with van der Waals surface area (Å²) in [6, 6.07) is 4.67. The molecular weight excluding hydrogens is 251 g/mol. The lowest BCUT2D eigenvalue weighted by atomic mass is 10.1. The largest absolute Gasteiger partial charge is 0.479 e. The summed E-state index contributed by atoms with van der Waals surface area (Å²) in [6.07, 6.45) is -0.236. The van der Waals surface area contributed by atoms with E-state index < -0.39 is 12.1 Å². The molecule has 5 heteroatoms. The number of ether oxygens (including phenoxy) is 1. The molecule has 3 nitrogen and oxygen atoms in total. The molecule has 16 heavy (non-hydrogen) atoms. The third-order valence-electron chi connectivity index (χ3n) is 1.96. The molecule has 0 radical (unpaired) electrons. The quantitative estimate of drug-likeness (QED) is 0.883. The van der Waals surface area contributed by atoms with E-state index in [9.17, 15) is 4.79 Å². The second kappa shape index (κ2) is 6.09. The summed E-state index contributed by atoms with van der Waals surface area (Å²) in [5.74, 6) is -1.04. The van der Waals surface area contributed by atoms with Gasteiger partial charge in [-0.2, -0.15) is 0 Å². The van der Waals surface area contributed by atoms with Gasteiger partial charge in [0, 0.05) is 6.61 Å². The maximum atomic E-state index is 11.0. The molecule has 0 aromatic heterocycles. The minimum atomic E-state index is -1.04. The number of hydrogen-bond donors (Lipinski definition) is 1. The monoisotopic (exact) mass is 262 g/mol. The Morgan fingerprint density at radius 3 is 2.62 bits per heavy atom. The van der Waals surface area contributed by atoms with Crippen molar-refractivity contribution in [1.29, 1.82) is 0 Å². The summed E-state index contributed by atoms with van der Waals surface area (Å²) in [7, 11) is 0. The van der Waals surface area contributed by atoms with E-state index in [1.807, 2.05) is 6.92 Å². The highest BCUT2D eigenvalue weighted by atomic mass is 35.5. The molecule has 0 amide bonds. The standard InChI is InChI=1S/C11H12Cl2O3/c1-2-5-16-10(11(14)15)7-3-4-8(12)9(13)6-7/h3-4,6,10H,2,5H2,1H3,(H,14,15). The van der Waals surface area contributed by atoms with Crippen molar-refractivity contribution in [2.24, 2.45) is 0 Å². The SMILES string of the molecule is CCCOC(C(=O)O)c1ccc(Cl)c(Cl)c1. The van der Waals surface area contributed by atoms with E-state index in [4.69, 9.17) is 33.0 Å². The Morgan fingerprint density at radius 2 is 2.12 bits per heavy atom. The van der Waals surface area contributed by atoms with Crippen LogP contribution in [0.4, 0.5) is 0 Å². The lowest BCUT2D eigenvalue weighted by molar-refractivity contribution is -0.150. The van der Waals surface area contributed by atoms with E-state index in [0.717, 1.165) is 6.42 Å². The van der Waals surface area contributed by atoms with Gasteiger partial charge in [-0.25, -0.2) is 4.79 Å². The predicted molar refractivity (Wildman–Crippen MR) is 63.1 cm³/mol. The molecule has 0 fully saturated rings. The number of carbonyl (C=O) groups is 1. The molecule has 1 atom stereocenters. The third-order valence-corrected chi connectivity index (χ3v) is 2.70. The molecule has 0 saturated carbocycles. The zero-order chi connectivity index (χ0) is 12.1. The lowest BCUT2D eigenvalue weighted by Crippen LogP contribution is -2.15. The first-order chi connectivity index (χ1) is 7.56. The van der Waals surface area contributed by atoms with Gasteiger partial charge < -0.3 is 9.84 Å². The van der Waals surface area contributed by atoms with E-state index >= 15 is 0 Å². The second-order valence-corrected chi connectivity index (χ2v) is 4.08. The fourth-order valence-electron chi connectivity index (χ4n) is 1.22. The Balaban J connectivity index is 2.92. The average Bonchev–Trinajstić information content (AvgIpc) is 2.23. The molecule has 0 aliphatic carbocycles. The molecule has 88 valence electrons. The minimum absolute atomic E-state index is 0.325. The zero-order valence-corrected chi connectivity index (χ0v) is 10.3. The zero-order valence-electron chi connectivity index (χ0n) is 8.74. The van der Waals surface area contributed by atoms with E-state index in [2.05, 4.69) is 0 Å². The van der Waals surface area contributed by atoms with Crippen LogP contribution in [0.1, 0.15) is 25.0 Å². The first-order valence-electron chi connectivity index (χ1n) is 4.85. The van der Waals surface area contributed by atoms with Gasteiger partial charge in [-0.3, -0.25) is 0 Å². The van der Waals surface area contributed by atoms with Crippen LogP contribution in [0.2, 0.25) is 10.0 Å². The molecule has 1 aromatic rings. The Kier molecular flexibility index (Phi) is 5.06. The average molecular weight is 263 g/mol. The molecule has 0 spiro atoms. The van der Waals surface area contributed by atoms with Gasteiger partial charge in [0.2, 0.25) is 0 Å². The molecule has 1 N–H and O–H groups in total. The van der Waals surface area contributed by atoms with Gasteiger partial charge in [-0.15, -0.1) is 0 Å². The van der Waals surface area contributed by atoms with Gasteiger partial charge in [0.1, 0.15) is 0 Å². The smallest absolute Gasteiger partial charge is 0.337 e. The van der Waals surface area contributed by atoms with Crippen LogP contribution in [0.25, 0.3) is 0 Å². The van der Waals surface area contributed by atoms with Crippen LogP contribution in [0.3, 0.4) is 0 Å². The van der Waals surface area contributed by atoms with E-state index in [-0.39, 0.29) is 0 Å². The fourth-order valence-corrected chi connectivity index (χ4v) is 1.53. The Labute approximate surface area is 104 Å². The van der Waals surface area contributed by atoms with Gasteiger partial charge >= 0.3 is 5.97 Å². The molecule has 1 rings (SSSR count). The minimum Gasteiger partial charge on any atom is -0.479 e. The summed E-state index contributed by atoms with van der Waals surface area (Å²) in [5, 5.41) is 9.73. The van der Waals surface area contributed by atoms with Crippen molar-refractivity contribution in [2.75, 3.05) is 6.61 Å². The highest BCUT2D eigenvalue weighted by molar-refractivity contribution is 6.42. The Bertz CT molecular complexity index is 379. The molecular formula is C11H12Cl2O3. The molecule has 0 aliphatic rings. The fraction of sp³-hybridized carbons (Fsp3) is 0.364. The molecule has 1 aromatic carbocycles. The van der Waals surface area contributed by atoms with Crippen molar-refractivity contribution < 1.29 is 14.6 Å². The molecule has 1 unspecified atom stereocenters. The summed E-state index contributed by atoms with van der Waals surface area (Å²) >= 11 is 11.6. The molecule has 0 heterocycles. The Hall–Kier alpha value is -0.770. The van der Waals surface area contributed by atoms with Gasteiger partial charge in [0.25, 0.3) is 0 Å². The topological polar surface area (TPSA) is 46.5 Å². The first kappa shape index (κ1) is 13.3. The van der Waals surface area contributed by atoms with Crippen LogP contribution in [-0.2, 0) is 9.53 Å². The number of rotatable bonds is 5. The first-order valence-corrected chi connectivity index (χ1v) is 5.61. The normalized spacial score (nSPS) is 12.4. The van der Waals surface area contributed by atoms with Crippen LogP contribution in [-0.4, -0.2) is 17.7 Å². The van der Waals surface area contributed by atoms with Crippen LogP contribution >= 0.6 is 23.2 Å². The van der Waals surface area contributed by atoms with Gasteiger partial charge in [-0.05, 0) is 24.1 Å². The number of carboxylic acids is 1. The number of aliphatic carboxylic acids is 1. The molecule has 0 saturated heterocycles. The highest BCUT2D eigenvalue weighted by Crippen LogP contribution is 2.27. The molecule has 0 aliphatic heterocycles. The summed E-state index contributed by atoms with van der Waals surface area (Å²) in [5.41, 5.74) is 0.496. The van der Waals surface area contributed by atoms with Gasteiger partial charge in [0.15, 0.2) is 6.10 Å². The summed E-state index contributed by atoms with van der Waals surface area (Å²) in [6.45, 7) is 2.30. The number of hydrogen-bond acceptors (Lipinski definition) is 2. The van der Waals surface area contributed by atoms with E-state index in [1.165, 1.54) is 6.07 Å². The van der Waals surface area contributed by atoms with Crippen LogP contribution in [0.5, 0.6) is 0 Å². The van der Waals surface area contributed by atoms with Gasteiger partial charge in [0.05, 0.1) is 10.0 Å². The van der Waals surface area contributed by atoms with E-state index in [0.29, 0.717) is 22.2 Å². The number of halogens is 2. The maximum Gasteiger partial charge on any atom is 0.337 e. The van der Waals surface area contributed by atoms with Crippen molar-refractivity contribution in [3.63, 3.8) is 0 Å². The van der Waals surface area contributed by atoms with Crippen LogP contribution < -0.4 is 0 Å². The van der Waals surface area contributed by atoms with Crippen molar-refractivity contribution in [2.45, 2.75) is 19.4 Å². The van der Waals surface area contributed by atoms with E-state index in [1.54, 1.807) is 12.1 Å². The number of carboxylic acid groups (broad SMARTS) is 1. The van der Waals surface area contributed by atoms with Crippen molar-refractivity contribution in [3.05, 3.63) is 33.8 Å². The number of benzene rings is 1. The Morgan fingerprint density at radius 1 is 1.44 bits per heavy atom.